The third kappa shape index (κ3) is 0.920. The summed E-state index contributed by atoms with van der Waals surface area (Å²) in [4.78, 5) is 0. The van der Waals surface area contributed by atoms with Crippen LogP contribution in [0.4, 0.5) is 0 Å². The van der Waals surface area contributed by atoms with E-state index in [2.05, 4.69) is 0 Å². The Morgan fingerprint density at radius 3 is 2.25 bits per heavy atom. The van der Waals surface area contributed by atoms with Crippen molar-refractivity contribution in [3.8, 4) is 0 Å². The van der Waals surface area contributed by atoms with Gasteiger partial charge in [-0.3, -0.25) is 0 Å². The first kappa shape index (κ1) is 5.83. The highest BCUT2D eigenvalue weighted by atomic mass is 16.3. The molecule has 0 radical (unpaired) electrons. The van der Waals surface area contributed by atoms with Gasteiger partial charge in [-0.25, -0.2) is 0 Å². The van der Waals surface area contributed by atoms with Crippen LogP contribution in [0.3, 0.4) is 0 Å². The average Bonchev–Trinajstić information content (AvgIpc) is 2.17. The van der Waals surface area contributed by atoms with Crippen molar-refractivity contribution in [1.82, 2.24) is 0 Å². The maximum absolute atomic E-state index is 9.44. The van der Waals surface area contributed by atoms with Gasteiger partial charge in [-0.1, -0.05) is 19.1 Å². The Morgan fingerprint density at radius 2 is 2.00 bits per heavy atom. The Labute approximate surface area is 50.0 Å². The van der Waals surface area contributed by atoms with Crippen molar-refractivity contribution in [2.45, 2.75) is 31.8 Å². The topological polar surface area (TPSA) is 20.2 Å². The minimum absolute atomic E-state index is 0.375. The van der Waals surface area contributed by atoms with Crippen LogP contribution in [0.5, 0.6) is 0 Å². The fourth-order valence-electron chi connectivity index (χ4n) is 0.977. The van der Waals surface area contributed by atoms with Gasteiger partial charge in [0, 0.05) is 0 Å². The molecule has 1 aliphatic rings. The monoisotopic (exact) mass is 112 g/mol. The third-order valence-electron chi connectivity index (χ3n) is 1.82. The molecule has 0 atom stereocenters. The van der Waals surface area contributed by atoms with E-state index in [0.29, 0.717) is 0 Å². The quantitative estimate of drug-likeness (QED) is 0.509. The number of aliphatic hydroxyl groups is 1. The van der Waals surface area contributed by atoms with Gasteiger partial charge >= 0.3 is 0 Å². The van der Waals surface area contributed by atoms with Crippen LogP contribution in [0, 0.1) is 0 Å². The second-order valence-electron chi connectivity index (χ2n) is 2.46. The van der Waals surface area contributed by atoms with E-state index in [1.165, 1.54) is 0 Å². The molecule has 0 heterocycles. The van der Waals surface area contributed by atoms with Gasteiger partial charge in [-0.15, -0.1) is 0 Å². The van der Waals surface area contributed by atoms with Crippen LogP contribution in [0.25, 0.3) is 0 Å². The normalized spacial score (nSPS) is 24.2. The van der Waals surface area contributed by atoms with Gasteiger partial charge in [0.1, 0.15) is 0 Å². The van der Waals surface area contributed by atoms with Gasteiger partial charge < -0.3 is 5.11 Å². The zero-order chi connectivity index (χ0) is 6.04. The zero-order valence-corrected chi connectivity index (χ0v) is 5.22. The van der Waals surface area contributed by atoms with Gasteiger partial charge in [-0.2, -0.15) is 0 Å². The lowest BCUT2D eigenvalue weighted by Crippen LogP contribution is -2.22. The first-order valence-corrected chi connectivity index (χ1v) is 3.14. The smallest absolute Gasteiger partial charge is 0.0713 e. The van der Waals surface area contributed by atoms with E-state index in [1.807, 2.05) is 19.1 Å². The third-order valence-corrected chi connectivity index (χ3v) is 1.82. The maximum atomic E-state index is 9.44. The van der Waals surface area contributed by atoms with Crippen molar-refractivity contribution >= 4 is 0 Å². The lowest BCUT2D eigenvalue weighted by Gasteiger charge is -2.18. The molecule has 0 aromatic heterocycles. The summed E-state index contributed by atoms with van der Waals surface area (Å²) in [5.74, 6) is 0. The fraction of sp³-hybridized carbons (Fsp3) is 0.714. The standard InChI is InChI=1S/C7H12O/c1-2-7(8)5-3-4-6-7/h3-4,8H,2,5-6H2,1H3. The Hall–Kier alpha value is -0.300. The molecule has 0 saturated carbocycles. The summed E-state index contributed by atoms with van der Waals surface area (Å²) in [5, 5.41) is 9.44. The van der Waals surface area contributed by atoms with E-state index >= 15 is 0 Å². The van der Waals surface area contributed by atoms with E-state index in [0.717, 1.165) is 19.3 Å². The minimum atomic E-state index is -0.375. The lowest BCUT2D eigenvalue weighted by molar-refractivity contribution is 0.0500. The molecule has 1 heteroatoms. The van der Waals surface area contributed by atoms with Crippen LogP contribution in [-0.2, 0) is 0 Å². The molecule has 0 saturated heterocycles. The fourth-order valence-corrected chi connectivity index (χ4v) is 0.977. The van der Waals surface area contributed by atoms with Crippen LogP contribution < -0.4 is 0 Å². The highest BCUT2D eigenvalue weighted by molar-refractivity contribution is 5.02. The molecule has 0 unspecified atom stereocenters. The molecule has 0 bridgehead atoms. The van der Waals surface area contributed by atoms with Crippen molar-refractivity contribution in [1.29, 1.82) is 0 Å². The molecule has 0 amide bonds. The molecule has 0 aliphatic heterocycles. The molecule has 1 aliphatic carbocycles. The summed E-state index contributed by atoms with van der Waals surface area (Å²) in [5.41, 5.74) is -0.375. The predicted molar refractivity (Wildman–Crippen MR) is 33.6 cm³/mol. The molecule has 8 heavy (non-hydrogen) atoms. The van der Waals surface area contributed by atoms with Gasteiger partial charge in [0.25, 0.3) is 0 Å². The molecule has 46 valence electrons. The van der Waals surface area contributed by atoms with E-state index in [4.69, 9.17) is 0 Å². The van der Waals surface area contributed by atoms with Gasteiger partial charge in [0.05, 0.1) is 5.60 Å². The van der Waals surface area contributed by atoms with E-state index < -0.39 is 0 Å². The van der Waals surface area contributed by atoms with Crippen molar-refractivity contribution in [3.05, 3.63) is 12.2 Å². The Kier molecular flexibility index (Phi) is 1.39. The first-order valence-electron chi connectivity index (χ1n) is 3.14. The van der Waals surface area contributed by atoms with Gasteiger partial charge in [0.15, 0.2) is 0 Å². The van der Waals surface area contributed by atoms with E-state index in [-0.39, 0.29) is 5.60 Å². The van der Waals surface area contributed by atoms with Gasteiger partial charge in [-0.05, 0) is 19.3 Å². The minimum Gasteiger partial charge on any atom is -0.389 e. The van der Waals surface area contributed by atoms with E-state index in [9.17, 15) is 5.11 Å². The second kappa shape index (κ2) is 1.90. The first-order chi connectivity index (χ1) is 3.77. The summed E-state index contributed by atoms with van der Waals surface area (Å²) in [6, 6.07) is 0. The summed E-state index contributed by atoms with van der Waals surface area (Å²) in [6.07, 6.45) is 6.67. The summed E-state index contributed by atoms with van der Waals surface area (Å²) in [6.45, 7) is 2.02. The highest BCUT2D eigenvalue weighted by Crippen LogP contribution is 2.25. The van der Waals surface area contributed by atoms with Crippen molar-refractivity contribution in [2.75, 3.05) is 0 Å². The van der Waals surface area contributed by atoms with E-state index in [1.54, 1.807) is 0 Å². The number of rotatable bonds is 1. The lowest BCUT2D eigenvalue weighted by atomic mass is 9.99. The van der Waals surface area contributed by atoms with Crippen LogP contribution in [-0.4, -0.2) is 10.7 Å². The predicted octanol–water partition coefficient (Wildman–Crippen LogP) is 1.48. The number of hydrogen-bond acceptors (Lipinski definition) is 1. The Balaban J connectivity index is 2.46. The molecule has 1 nitrogen and oxygen atoms in total. The summed E-state index contributed by atoms with van der Waals surface area (Å²) in [7, 11) is 0. The summed E-state index contributed by atoms with van der Waals surface area (Å²) >= 11 is 0. The zero-order valence-electron chi connectivity index (χ0n) is 5.22. The molecule has 0 aromatic rings. The summed E-state index contributed by atoms with van der Waals surface area (Å²) < 4.78 is 0. The Bertz CT molecular complexity index is 97.0. The van der Waals surface area contributed by atoms with Crippen LogP contribution in [0.2, 0.25) is 0 Å². The average molecular weight is 112 g/mol. The van der Waals surface area contributed by atoms with Crippen molar-refractivity contribution < 1.29 is 5.11 Å². The SMILES string of the molecule is CCC1(O)CC=CC1. The van der Waals surface area contributed by atoms with Gasteiger partial charge in [0.2, 0.25) is 0 Å². The van der Waals surface area contributed by atoms with Crippen LogP contribution in [0.15, 0.2) is 12.2 Å². The van der Waals surface area contributed by atoms with Crippen LogP contribution in [0.1, 0.15) is 26.2 Å². The highest BCUT2D eigenvalue weighted by Gasteiger charge is 2.24. The molecule has 1 rings (SSSR count). The molecular formula is C7H12O. The van der Waals surface area contributed by atoms with Crippen LogP contribution >= 0.6 is 0 Å². The maximum Gasteiger partial charge on any atom is 0.0713 e. The molecule has 0 aromatic carbocycles. The Morgan fingerprint density at radius 1 is 1.50 bits per heavy atom. The molecule has 0 spiro atoms. The molecular weight excluding hydrogens is 100 g/mol. The largest absolute Gasteiger partial charge is 0.389 e. The molecule has 1 N–H and O–H groups in total. The number of hydrogen-bond donors (Lipinski definition) is 1. The molecule has 0 fully saturated rings. The van der Waals surface area contributed by atoms with Crippen molar-refractivity contribution in [3.63, 3.8) is 0 Å². The second-order valence-corrected chi connectivity index (χ2v) is 2.46. The van der Waals surface area contributed by atoms with Crippen molar-refractivity contribution in [2.24, 2.45) is 0 Å².